The fourth-order valence-electron chi connectivity index (χ4n) is 3.29. The third-order valence-electron chi connectivity index (χ3n) is 4.56. The molecule has 22 heavy (non-hydrogen) atoms. The van der Waals surface area contributed by atoms with Gasteiger partial charge in [-0.3, -0.25) is 9.88 Å². The number of hydrogen-bond donors (Lipinski definition) is 1. The van der Waals surface area contributed by atoms with Crippen molar-refractivity contribution in [2.75, 3.05) is 13.1 Å². The van der Waals surface area contributed by atoms with Crippen LogP contribution in [-0.4, -0.2) is 28.1 Å². The van der Waals surface area contributed by atoms with Gasteiger partial charge in [0.2, 0.25) is 0 Å². The summed E-state index contributed by atoms with van der Waals surface area (Å²) in [4.78, 5) is 6.77. The van der Waals surface area contributed by atoms with Gasteiger partial charge in [0.25, 0.3) is 0 Å². The first kappa shape index (κ1) is 15.2. The van der Waals surface area contributed by atoms with E-state index in [9.17, 15) is 5.11 Å². The molecule has 1 aliphatic heterocycles. The first-order valence-electron chi connectivity index (χ1n) is 8.09. The van der Waals surface area contributed by atoms with Gasteiger partial charge in [0.15, 0.2) is 0 Å². The molecule has 0 radical (unpaired) electrons. The lowest BCUT2D eigenvalue weighted by Gasteiger charge is -2.34. The van der Waals surface area contributed by atoms with Crippen molar-refractivity contribution in [3.63, 3.8) is 0 Å². The summed E-state index contributed by atoms with van der Waals surface area (Å²) in [5, 5.41) is 10.5. The first-order chi connectivity index (χ1) is 10.7. The molecule has 0 aliphatic carbocycles. The normalized spacial score (nSPS) is 18.3. The van der Waals surface area contributed by atoms with Crippen LogP contribution >= 0.6 is 0 Å². The number of rotatable bonds is 4. The van der Waals surface area contributed by atoms with Gasteiger partial charge in [-0.25, -0.2) is 0 Å². The van der Waals surface area contributed by atoms with Crippen molar-refractivity contribution < 1.29 is 5.11 Å². The Morgan fingerprint density at radius 2 is 2.00 bits per heavy atom. The minimum atomic E-state index is -0.428. The first-order valence-corrected chi connectivity index (χ1v) is 8.09. The summed E-state index contributed by atoms with van der Waals surface area (Å²) in [6.45, 7) is 5.23. The van der Waals surface area contributed by atoms with Gasteiger partial charge in [0.1, 0.15) is 0 Å². The molecule has 3 rings (SSSR count). The molecule has 0 unspecified atom stereocenters. The van der Waals surface area contributed by atoms with Gasteiger partial charge >= 0.3 is 0 Å². The maximum atomic E-state index is 10.5. The van der Waals surface area contributed by atoms with Crippen molar-refractivity contribution in [3.8, 4) is 0 Å². The van der Waals surface area contributed by atoms with E-state index in [-0.39, 0.29) is 0 Å². The van der Waals surface area contributed by atoms with Crippen molar-refractivity contribution in [2.45, 2.75) is 32.4 Å². The average molecular weight is 296 g/mol. The predicted molar refractivity (Wildman–Crippen MR) is 88.4 cm³/mol. The summed E-state index contributed by atoms with van der Waals surface area (Å²) in [6.07, 6.45) is 3.39. The molecular formula is C19H24N2O. The zero-order valence-corrected chi connectivity index (χ0v) is 13.2. The maximum absolute atomic E-state index is 10.5. The smallest absolute Gasteiger partial charge is 0.0988 e. The van der Waals surface area contributed by atoms with Crippen LogP contribution in [0.2, 0.25) is 0 Å². The van der Waals surface area contributed by atoms with Crippen LogP contribution in [0.3, 0.4) is 0 Å². The van der Waals surface area contributed by atoms with Crippen molar-refractivity contribution >= 4 is 0 Å². The number of likely N-dealkylation sites (tertiary alicyclic amines) is 1. The highest BCUT2D eigenvalue weighted by Crippen LogP contribution is 2.30. The van der Waals surface area contributed by atoms with Gasteiger partial charge in [-0.1, -0.05) is 35.9 Å². The highest BCUT2D eigenvalue weighted by Gasteiger charge is 2.26. The SMILES string of the molecule is Cc1cccc(CN2CCC([C@@H](O)c3ccccn3)CC2)c1. The molecule has 1 aliphatic rings. The molecule has 1 aromatic heterocycles. The summed E-state index contributed by atoms with van der Waals surface area (Å²) in [6, 6.07) is 14.5. The van der Waals surface area contributed by atoms with Gasteiger partial charge in [-0.2, -0.15) is 0 Å². The van der Waals surface area contributed by atoms with Crippen molar-refractivity contribution in [1.29, 1.82) is 0 Å². The van der Waals surface area contributed by atoms with Crippen molar-refractivity contribution in [1.82, 2.24) is 9.88 Å². The zero-order chi connectivity index (χ0) is 15.4. The van der Waals surface area contributed by atoms with E-state index in [1.54, 1.807) is 6.20 Å². The lowest BCUT2D eigenvalue weighted by molar-refractivity contribution is 0.0540. The van der Waals surface area contributed by atoms with E-state index < -0.39 is 6.10 Å². The fraction of sp³-hybridized carbons (Fsp3) is 0.421. The van der Waals surface area contributed by atoms with Gasteiger partial charge < -0.3 is 5.11 Å². The number of nitrogens with zero attached hydrogens (tertiary/aromatic N) is 2. The third-order valence-corrected chi connectivity index (χ3v) is 4.56. The Kier molecular flexibility index (Phi) is 4.86. The molecule has 0 spiro atoms. The van der Waals surface area contributed by atoms with E-state index in [4.69, 9.17) is 0 Å². The number of benzene rings is 1. The fourth-order valence-corrected chi connectivity index (χ4v) is 3.29. The molecule has 1 saturated heterocycles. The summed E-state index contributed by atoms with van der Waals surface area (Å²) in [5.74, 6) is 0.323. The van der Waals surface area contributed by atoms with Crippen LogP contribution in [0.5, 0.6) is 0 Å². The zero-order valence-electron chi connectivity index (χ0n) is 13.2. The van der Waals surface area contributed by atoms with Crippen LogP contribution in [0, 0.1) is 12.8 Å². The van der Waals surface area contributed by atoms with Crippen LogP contribution < -0.4 is 0 Å². The number of aliphatic hydroxyl groups excluding tert-OH is 1. The number of hydrogen-bond acceptors (Lipinski definition) is 3. The van der Waals surface area contributed by atoms with Crippen LogP contribution in [-0.2, 0) is 6.54 Å². The monoisotopic (exact) mass is 296 g/mol. The van der Waals surface area contributed by atoms with Gasteiger partial charge in [0.05, 0.1) is 11.8 Å². The second-order valence-corrected chi connectivity index (χ2v) is 6.30. The lowest BCUT2D eigenvalue weighted by atomic mass is 9.89. The summed E-state index contributed by atoms with van der Waals surface area (Å²) in [5.41, 5.74) is 3.50. The molecule has 1 N–H and O–H groups in total. The largest absolute Gasteiger partial charge is 0.387 e. The van der Waals surface area contributed by atoms with Crippen LogP contribution in [0.25, 0.3) is 0 Å². The summed E-state index contributed by atoms with van der Waals surface area (Å²) in [7, 11) is 0. The summed E-state index contributed by atoms with van der Waals surface area (Å²) >= 11 is 0. The predicted octanol–water partition coefficient (Wildman–Crippen LogP) is 3.34. The molecule has 2 heterocycles. The molecule has 0 bridgehead atoms. The average Bonchev–Trinajstić information content (AvgIpc) is 2.56. The molecule has 0 amide bonds. The Bertz CT molecular complexity index is 591. The van der Waals surface area contributed by atoms with Gasteiger partial charge in [0, 0.05) is 12.7 Å². The Morgan fingerprint density at radius 3 is 2.68 bits per heavy atom. The van der Waals surface area contributed by atoms with Crippen molar-refractivity contribution in [2.24, 2.45) is 5.92 Å². The minimum absolute atomic E-state index is 0.323. The molecule has 1 fully saturated rings. The molecule has 3 heteroatoms. The number of aliphatic hydroxyl groups is 1. The van der Waals surface area contributed by atoms with Crippen LogP contribution in [0.4, 0.5) is 0 Å². The second kappa shape index (κ2) is 7.03. The van der Waals surface area contributed by atoms with Crippen LogP contribution in [0.1, 0.15) is 35.8 Å². The minimum Gasteiger partial charge on any atom is -0.387 e. The standard InChI is InChI=1S/C19H24N2O/c1-15-5-4-6-16(13-15)14-21-11-8-17(9-12-21)19(22)18-7-2-3-10-20-18/h2-7,10,13,17,19,22H,8-9,11-12,14H2,1H3/t19-/m1/s1. The molecule has 1 aromatic carbocycles. The van der Waals surface area contributed by atoms with Crippen LogP contribution in [0.15, 0.2) is 48.7 Å². The Hall–Kier alpha value is -1.71. The van der Waals surface area contributed by atoms with E-state index >= 15 is 0 Å². The lowest BCUT2D eigenvalue weighted by Crippen LogP contribution is -2.35. The molecule has 116 valence electrons. The highest BCUT2D eigenvalue weighted by atomic mass is 16.3. The molecule has 3 nitrogen and oxygen atoms in total. The van der Waals surface area contributed by atoms with E-state index in [0.29, 0.717) is 5.92 Å². The highest BCUT2D eigenvalue weighted by molar-refractivity contribution is 5.22. The maximum Gasteiger partial charge on any atom is 0.0988 e. The molecule has 0 saturated carbocycles. The van der Waals surface area contributed by atoms with Crippen molar-refractivity contribution in [3.05, 3.63) is 65.5 Å². The number of aryl methyl sites for hydroxylation is 1. The second-order valence-electron chi connectivity index (χ2n) is 6.30. The number of pyridine rings is 1. The molecule has 1 atom stereocenters. The molecular weight excluding hydrogens is 272 g/mol. The molecule has 2 aromatic rings. The Labute approximate surface area is 132 Å². The third kappa shape index (κ3) is 3.73. The Balaban J connectivity index is 1.54. The van der Waals surface area contributed by atoms with E-state index in [2.05, 4.69) is 41.1 Å². The van der Waals surface area contributed by atoms with E-state index in [1.165, 1.54) is 11.1 Å². The van der Waals surface area contributed by atoms with E-state index in [1.807, 2.05) is 18.2 Å². The van der Waals surface area contributed by atoms with Gasteiger partial charge in [-0.05, 0) is 56.5 Å². The quantitative estimate of drug-likeness (QED) is 0.940. The number of piperidine rings is 1. The van der Waals surface area contributed by atoms with Gasteiger partial charge in [-0.15, -0.1) is 0 Å². The Morgan fingerprint density at radius 1 is 1.18 bits per heavy atom. The topological polar surface area (TPSA) is 36.4 Å². The number of aromatic nitrogens is 1. The summed E-state index contributed by atoms with van der Waals surface area (Å²) < 4.78 is 0. The van der Waals surface area contributed by atoms with E-state index in [0.717, 1.165) is 38.2 Å².